The van der Waals surface area contributed by atoms with Crippen LogP contribution in [-0.2, 0) is 13.1 Å². The van der Waals surface area contributed by atoms with Crippen LogP contribution in [-0.4, -0.2) is 0 Å². The average molecular weight is 204 g/mol. The molecule has 0 spiro atoms. The lowest BCUT2D eigenvalue weighted by Crippen LogP contribution is -2.05. The molecule has 2 heteroatoms. The molecule has 0 aliphatic carbocycles. The van der Waals surface area contributed by atoms with Crippen LogP contribution in [0.1, 0.15) is 18.1 Å². The number of hydrogen-bond donors (Lipinski definition) is 2. The zero-order valence-electron chi connectivity index (χ0n) is 9.37. The van der Waals surface area contributed by atoms with Gasteiger partial charge in [-0.05, 0) is 24.3 Å². The molecule has 0 bridgehead atoms. The summed E-state index contributed by atoms with van der Waals surface area (Å²) in [4.78, 5) is 0. The summed E-state index contributed by atoms with van der Waals surface area (Å²) in [5.41, 5.74) is 7.98. The summed E-state index contributed by atoms with van der Waals surface area (Å²) >= 11 is 0. The number of benzene rings is 1. The van der Waals surface area contributed by atoms with E-state index in [0.29, 0.717) is 6.54 Å². The van der Waals surface area contributed by atoms with Crippen molar-refractivity contribution >= 4 is 0 Å². The van der Waals surface area contributed by atoms with Crippen molar-refractivity contribution in [2.45, 2.75) is 20.0 Å². The average Bonchev–Trinajstić information content (AvgIpc) is 2.32. The van der Waals surface area contributed by atoms with Crippen LogP contribution in [0.3, 0.4) is 0 Å². The normalized spacial score (nSPS) is 9.47. The minimum absolute atomic E-state index is 0.609. The molecule has 1 aromatic carbocycles. The maximum absolute atomic E-state index is 5.54. The summed E-state index contributed by atoms with van der Waals surface area (Å²) in [6, 6.07) is 8.29. The van der Waals surface area contributed by atoms with Crippen molar-refractivity contribution in [3.05, 3.63) is 60.8 Å². The molecule has 1 aromatic rings. The van der Waals surface area contributed by atoms with Crippen molar-refractivity contribution in [2.75, 3.05) is 0 Å². The Balaban J connectivity index is 0.000000921. The summed E-state index contributed by atoms with van der Waals surface area (Å²) < 4.78 is 0. The Morgan fingerprint density at radius 2 is 2.00 bits per heavy atom. The third-order valence-corrected chi connectivity index (χ3v) is 1.82. The van der Waals surface area contributed by atoms with Crippen molar-refractivity contribution in [2.24, 2.45) is 5.73 Å². The van der Waals surface area contributed by atoms with Gasteiger partial charge < -0.3 is 11.1 Å². The third-order valence-electron chi connectivity index (χ3n) is 1.82. The van der Waals surface area contributed by atoms with Gasteiger partial charge in [0.05, 0.1) is 0 Å². The van der Waals surface area contributed by atoms with Crippen LogP contribution in [0.4, 0.5) is 0 Å². The molecule has 0 saturated carbocycles. The highest BCUT2D eigenvalue weighted by Crippen LogP contribution is 2.03. The molecule has 0 aromatic heterocycles. The predicted molar refractivity (Wildman–Crippen MR) is 67.2 cm³/mol. The van der Waals surface area contributed by atoms with Crippen molar-refractivity contribution in [3.63, 3.8) is 0 Å². The maximum Gasteiger partial charge on any atom is 0.0395 e. The highest BCUT2D eigenvalue weighted by atomic mass is 14.8. The summed E-state index contributed by atoms with van der Waals surface area (Å²) in [5.74, 6) is 0. The number of allylic oxidation sites excluding steroid dienone is 1. The Morgan fingerprint density at radius 3 is 2.60 bits per heavy atom. The molecule has 82 valence electrons. The summed E-state index contributed by atoms with van der Waals surface area (Å²) in [5, 5.41) is 3.18. The topological polar surface area (TPSA) is 38.0 Å². The molecule has 3 N–H and O–H groups in total. The standard InChI is InChI=1S/C11H16N2.C2H4/c1-2-6-13-9-11-5-3-4-10(7-11)8-12;1-2/h2-7,13H,8-9,12H2,1H3;1-2H2/b6-2-;. The van der Waals surface area contributed by atoms with Crippen molar-refractivity contribution in [1.82, 2.24) is 5.32 Å². The van der Waals surface area contributed by atoms with E-state index < -0.39 is 0 Å². The van der Waals surface area contributed by atoms with Gasteiger partial charge in [-0.15, -0.1) is 13.2 Å². The second-order valence-corrected chi connectivity index (χ2v) is 2.90. The largest absolute Gasteiger partial charge is 0.387 e. The van der Waals surface area contributed by atoms with Crippen LogP contribution in [0.5, 0.6) is 0 Å². The summed E-state index contributed by atoms with van der Waals surface area (Å²) in [6.07, 6.45) is 3.92. The first-order chi connectivity index (χ1) is 7.36. The molecule has 2 nitrogen and oxygen atoms in total. The fourth-order valence-electron chi connectivity index (χ4n) is 1.16. The number of rotatable bonds is 4. The summed E-state index contributed by atoms with van der Waals surface area (Å²) in [7, 11) is 0. The molecular formula is C13H20N2. The van der Waals surface area contributed by atoms with Crippen LogP contribution < -0.4 is 11.1 Å². The van der Waals surface area contributed by atoms with Crippen LogP contribution in [0.2, 0.25) is 0 Å². The first kappa shape index (κ1) is 13.5. The van der Waals surface area contributed by atoms with Gasteiger partial charge in [0.1, 0.15) is 0 Å². The van der Waals surface area contributed by atoms with E-state index in [1.165, 1.54) is 11.1 Å². The molecule has 0 unspecified atom stereocenters. The van der Waals surface area contributed by atoms with Gasteiger partial charge in [-0.25, -0.2) is 0 Å². The molecule has 0 aliphatic rings. The molecule has 1 rings (SSSR count). The van der Waals surface area contributed by atoms with Crippen LogP contribution in [0.25, 0.3) is 0 Å². The Morgan fingerprint density at radius 1 is 1.33 bits per heavy atom. The second-order valence-electron chi connectivity index (χ2n) is 2.90. The second kappa shape index (κ2) is 9.03. The number of nitrogens with one attached hydrogen (secondary N) is 1. The molecule has 0 heterocycles. The van der Waals surface area contributed by atoms with Crippen molar-refractivity contribution < 1.29 is 0 Å². The predicted octanol–water partition coefficient (Wildman–Crippen LogP) is 2.57. The Labute approximate surface area is 92.5 Å². The molecule has 0 saturated heterocycles. The van der Waals surface area contributed by atoms with E-state index in [1.807, 2.05) is 31.3 Å². The van der Waals surface area contributed by atoms with E-state index in [0.717, 1.165) is 6.54 Å². The molecular weight excluding hydrogens is 184 g/mol. The van der Waals surface area contributed by atoms with Gasteiger partial charge in [0.15, 0.2) is 0 Å². The third kappa shape index (κ3) is 5.70. The molecule has 0 radical (unpaired) electrons. The quantitative estimate of drug-likeness (QED) is 0.740. The summed E-state index contributed by atoms with van der Waals surface area (Å²) in [6.45, 7) is 9.46. The Bertz CT molecular complexity index is 292. The van der Waals surface area contributed by atoms with Gasteiger partial charge in [0, 0.05) is 13.1 Å². The highest BCUT2D eigenvalue weighted by molar-refractivity contribution is 5.23. The molecule has 0 aliphatic heterocycles. The van der Waals surface area contributed by atoms with Gasteiger partial charge in [0.25, 0.3) is 0 Å². The van der Waals surface area contributed by atoms with Crippen LogP contribution in [0, 0.1) is 0 Å². The lowest BCUT2D eigenvalue weighted by molar-refractivity contribution is 0.864. The Kier molecular flexibility index (Phi) is 8.10. The molecule has 0 atom stereocenters. The smallest absolute Gasteiger partial charge is 0.0395 e. The lowest BCUT2D eigenvalue weighted by atomic mass is 10.1. The van der Waals surface area contributed by atoms with E-state index in [9.17, 15) is 0 Å². The molecule has 0 amide bonds. The minimum Gasteiger partial charge on any atom is -0.387 e. The number of nitrogens with two attached hydrogens (primary N) is 1. The van der Waals surface area contributed by atoms with E-state index in [4.69, 9.17) is 5.73 Å². The van der Waals surface area contributed by atoms with E-state index in [1.54, 1.807) is 0 Å². The molecule has 0 fully saturated rings. The van der Waals surface area contributed by atoms with Gasteiger partial charge in [-0.1, -0.05) is 30.3 Å². The van der Waals surface area contributed by atoms with E-state index in [-0.39, 0.29) is 0 Å². The monoisotopic (exact) mass is 204 g/mol. The first-order valence-corrected chi connectivity index (χ1v) is 4.99. The van der Waals surface area contributed by atoms with Crippen molar-refractivity contribution in [3.8, 4) is 0 Å². The van der Waals surface area contributed by atoms with E-state index >= 15 is 0 Å². The highest BCUT2D eigenvalue weighted by Gasteiger charge is 1.92. The van der Waals surface area contributed by atoms with Crippen LogP contribution in [0.15, 0.2) is 49.7 Å². The maximum atomic E-state index is 5.54. The number of hydrogen-bond acceptors (Lipinski definition) is 2. The fraction of sp³-hybridized carbons (Fsp3) is 0.231. The zero-order chi connectivity index (χ0) is 11.5. The van der Waals surface area contributed by atoms with Gasteiger partial charge >= 0.3 is 0 Å². The first-order valence-electron chi connectivity index (χ1n) is 4.99. The fourth-order valence-corrected chi connectivity index (χ4v) is 1.16. The SMILES string of the molecule is C/C=C\NCc1cccc(CN)c1.C=C. The Hall–Kier alpha value is -1.54. The van der Waals surface area contributed by atoms with Gasteiger partial charge in [-0.3, -0.25) is 0 Å². The van der Waals surface area contributed by atoms with Crippen molar-refractivity contribution in [1.29, 1.82) is 0 Å². The minimum atomic E-state index is 0.609. The zero-order valence-corrected chi connectivity index (χ0v) is 9.37. The lowest BCUT2D eigenvalue weighted by Gasteiger charge is -2.03. The van der Waals surface area contributed by atoms with E-state index in [2.05, 4.69) is 30.6 Å². The van der Waals surface area contributed by atoms with Gasteiger partial charge in [-0.2, -0.15) is 0 Å². The van der Waals surface area contributed by atoms with Crippen LogP contribution >= 0.6 is 0 Å². The molecule has 15 heavy (non-hydrogen) atoms. The van der Waals surface area contributed by atoms with Gasteiger partial charge in [0.2, 0.25) is 0 Å².